The van der Waals surface area contributed by atoms with E-state index in [4.69, 9.17) is 4.74 Å². The van der Waals surface area contributed by atoms with Crippen LogP contribution in [0.15, 0.2) is 0 Å². The number of ether oxygens (including phenoxy) is 1. The summed E-state index contributed by atoms with van der Waals surface area (Å²) in [4.78, 5) is 2.40. The standard InChI is InChI=1S/C14H31NO/c1-4-7-8-9-10-11-13-16-14-12-15(5-2)6-3/h4-14H2,1-3H3. The highest BCUT2D eigenvalue weighted by Crippen LogP contribution is 2.04. The minimum absolute atomic E-state index is 0.899. The van der Waals surface area contributed by atoms with Crippen molar-refractivity contribution in [1.29, 1.82) is 0 Å². The fourth-order valence-electron chi connectivity index (χ4n) is 1.82. The van der Waals surface area contributed by atoms with E-state index < -0.39 is 0 Å². The van der Waals surface area contributed by atoms with Gasteiger partial charge >= 0.3 is 0 Å². The number of hydrogen-bond acceptors (Lipinski definition) is 2. The van der Waals surface area contributed by atoms with E-state index in [2.05, 4.69) is 25.7 Å². The van der Waals surface area contributed by atoms with E-state index in [1.807, 2.05) is 0 Å². The molecule has 0 unspecified atom stereocenters. The van der Waals surface area contributed by atoms with Crippen molar-refractivity contribution >= 4 is 0 Å². The molecular formula is C14H31NO. The zero-order valence-corrected chi connectivity index (χ0v) is 11.6. The molecule has 2 nitrogen and oxygen atoms in total. The Morgan fingerprint density at radius 2 is 1.38 bits per heavy atom. The van der Waals surface area contributed by atoms with Crippen LogP contribution in [0.5, 0.6) is 0 Å². The Morgan fingerprint density at radius 3 is 2.00 bits per heavy atom. The summed E-state index contributed by atoms with van der Waals surface area (Å²) in [7, 11) is 0. The summed E-state index contributed by atoms with van der Waals surface area (Å²) < 4.78 is 5.63. The molecule has 0 rings (SSSR count). The molecule has 0 aliphatic rings. The first-order chi connectivity index (χ1) is 7.85. The molecule has 16 heavy (non-hydrogen) atoms. The van der Waals surface area contributed by atoms with Crippen LogP contribution in [-0.2, 0) is 4.74 Å². The van der Waals surface area contributed by atoms with Gasteiger partial charge in [0.15, 0.2) is 0 Å². The van der Waals surface area contributed by atoms with E-state index in [0.717, 1.165) is 32.8 Å². The van der Waals surface area contributed by atoms with Crippen molar-refractivity contribution in [2.45, 2.75) is 59.3 Å². The zero-order chi connectivity index (χ0) is 12.1. The van der Waals surface area contributed by atoms with Gasteiger partial charge in [0.25, 0.3) is 0 Å². The highest BCUT2D eigenvalue weighted by Gasteiger charge is 1.97. The summed E-state index contributed by atoms with van der Waals surface area (Å²) in [6.07, 6.45) is 8.08. The van der Waals surface area contributed by atoms with Crippen molar-refractivity contribution in [3.8, 4) is 0 Å². The summed E-state index contributed by atoms with van der Waals surface area (Å²) in [5.41, 5.74) is 0. The Morgan fingerprint density at radius 1 is 0.750 bits per heavy atom. The van der Waals surface area contributed by atoms with Crippen molar-refractivity contribution in [2.24, 2.45) is 0 Å². The molecule has 0 amide bonds. The summed E-state index contributed by atoms with van der Waals surface area (Å²) in [5.74, 6) is 0. The molecular weight excluding hydrogens is 198 g/mol. The summed E-state index contributed by atoms with van der Waals surface area (Å²) in [5, 5.41) is 0. The minimum Gasteiger partial charge on any atom is -0.380 e. The predicted octanol–water partition coefficient (Wildman–Crippen LogP) is 3.71. The number of nitrogens with zero attached hydrogens (tertiary/aromatic N) is 1. The Balaban J connectivity index is 3.03. The Hall–Kier alpha value is -0.0800. The summed E-state index contributed by atoms with van der Waals surface area (Å²) in [6, 6.07) is 0. The predicted molar refractivity (Wildman–Crippen MR) is 72.0 cm³/mol. The van der Waals surface area contributed by atoms with Gasteiger partial charge in [-0.1, -0.05) is 52.9 Å². The highest BCUT2D eigenvalue weighted by molar-refractivity contribution is 4.50. The van der Waals surface area contributed by atoms with E-state index in [0.29, 0.717) is 0 Å². The van der Waals surface area contributed by atoms with Crippen LogP contribution in [-0.4, -0.2) is 37.7 Å². The van der Waals surface area contributed by atoms with Crippen LogP contribution in [0.1, 0.15) is 59.3 Å². The van der Waals surface area contributed by atoms with Gasteiger partial charge in [0.1, 0.15) is 0 Å². The maximum Gasteiger partial charge on any atom is 0.0593 e. The number of rotatable bonds is 12. The zero-order valence-electron chi connectivity index (χ0n) is 11.6. The largest absolute Gasteiger partial charge is 0.380 e. The van der Waals surface area contributed by atoms with Gasteiger partial charge in [-0.25, -0.2) is 0 Å². The fourth-order valence-corrected chi connectivity index (χ4v) is 1.82. The van der Waals surface area contributed by atoms with Gasteiger partial charge in [0.05, 0.1) is 6.61 Å². The molecule has 0 aromatic heterocycles. The van der Waals surface area contributed by atoms with Crippen LogP contribution in [0.4, 0.5) is 0 Å². The Kier molecular flexibility index (Phi) is 12.9. The molecule has 0 aromatic carbocycles. The average Bonchev–Trinajstić information content (AvgIpc) is 2.32. The van der Waals surface area contributed by atoms with Gasteiger partial charge in [-0.3, -0.25) is 0 Å². The third kappa shape index (κ3) is 10.4. The van der Waals surface area contributed by atoms with Crippen molar-refractivity contribution in [3.05, 3.63) is 0 Å². The lowest BCUT2D eigenvalue weighted by Gasteiger charge is -2.17. The number of unbranched alkanes of at least 4 members (excludes halogenated alkanes) is 5. The lowest BCUT2D eigenvalue weighted by atomic mass is 10.1. The molecule has 0 radical (unpaired) electrons. The normalized spacial score (nSPS) is 11.2. The van der Waals surface area contributed by atoms with E-state index in [-0.39, 0.29) is 0 Å². The molecule has 0 spiro atoms. The number of hydrogen-bond donors (Lipinski definition) is 0. The second-order valence-electron chi connectivity index (χ2n) is 4.41. The van der Waals surface area contributed by atoms with E-state index >= 15 is 0 Å². The van der Waals surface area contributed by atoms with Crippen LogP contribution in [0.2, 0.25) is 0 Å². The van der Waals surface area contributed by atoms with E-state index in [1.54, 1.807) is 0 Å². The van der Waals surface area contributed by atoms with Crippen molar-refractivity contribution in [2.75, 3.05) is 32.8 Å². The quantitative estimate of drug-likeness (QED) is 0.473. The maximum absolute atomic E-state index is 5.63. The molecule has 0 heterocycles. The highest BCUT2D eigenvalue weighted by atomic mass is 16.5. The molecule has 0 bridgehead atoms. The maximum atomic E-state index is 5.63. The summed E-state index contributed by atoms with van der Waals surface area (Å²) >= 11 is 0. The van der Waals surface area contributed by atoms with Gasteiger partial charge in [0.2, 0.25) is 0 Å². The van der Waals surface area contributed by atoms with Gasteiger partial charge in [-0.2, -0.15) is 0 Å². The molecule has 0 N–H and O–H groups in total. The van der Waals surface area contributed by atoms with Crippen molar-refractivity contribution in [3.63, 3.8) is 0 Å². The van der Waals surface area contributed by atoms with E-state index in [9.17, 15) is 0 Å². The van der Waals surface area contributed by atoms with Crippen LogP contribution in [0.25, 0.3) is 0 Å². The van der Waals surface area contributed by atoms with Crippen LogP contribution < -0.4 is 0 Å². The SMILES string of the molecule is CCCCCCCCOCCN(CC)CC. The van der Waals surface area contributed by atoms with Crippen molar-refractivity contribution < 1.29 is 4.74 Å². The Bertz CT molecular complexity index is 124. The average molecular weight is 229 g/mol. The van der Waals surface area contributed by atoms with Crippen LogP contribution in [0, 0.1) is 0 Å². The second-order valence-corrected chi connectivity index (χ2v) is 4.41. The van der Waals surface area contributed by atoms with Crippen LogP contribution >= 0.6 is 0 Å². The van der Waals surface area contributed by atoms with Gasteiger partial charge in [-0.05, 0) is 19.5 Å². The molecule has 0 atom stereocenters. The molecule has 0 aromatic rings. The summed E-state index contributed by atoms with van der Waals surface area (Å²) in [6.45, 7) is 11.9. The van der Waals surface area contributed by atoms with Crippen LogP contribution in [0.3, 0.4) is 0 Å². The van der Waals surface area contributed by atoms with Gasteiger partial charge in [-0.15, -0.1) is 0 Å². The van der Waals surface area contributed by atoms with E-state index in [1.165, 1.54) is 38.5 Å². The first kappa shape index (κ1) is 15.9. The minimum atomic E-state index is 0.899. The topological polar surface area (TPSA) is 12.5 Å². The fraction of sp³-hybridized carbons (Fsp3) is 1.00. The third-order valence-corrected chi connectivity index (χ3v) is 3.09. The first-order valence-corrected chi connectivity index (χ1v) is 7.15. The second kappa shape index (κ2) is 13.0. The molecule has 0 aliphatic heterocycles. The smallest absolute Gasteiger partial charge is 0.0593 e. The Labute approximate surface area is 102 Å². The van der Waals surface area contributed by atoms with Crippen molar-refractivity contribution in [1.82, 2.24) is 4.90 Å². The number of likely N-dealkylation sites (N-methyl/N-ethyl adjacent to an activating group) is 1. The van der Waals surface area contributed by atoms with Gasteiger partial charge in [0, 0.05) is 13.2 Å². The monoisotopic (exact) mass is 229 g/mol. The lowest BCUT2D eigenvalue weighted by molar-refractivity contribution is 0.104. The molecule has 0 fully saturated rings. The van der Waals surface area contributed by atoms with Gasteiger partial charge < -0.3 is 9.64 Å². The lowest BCUT2D eigenvalue weighted by Crippen LogP contribution is -2.27. The molecule has 0 saturated carbocycles. The molecule has 98 valence electrons. The molecule has 2 heteroatoms. The first-order valence-electron chi connectivity index (χ1n) is 7.15. The third-order valence-electron chi connectivity index (χ3n) is 3.09. The molecule has 0 aliphatic carbocycles. The molecule has 0 saturated heterocycles.